The molecule has 0 saturated carbocycles. The average molecular weight is 274 g/mol. The van der Waals surface area contributed by atoms with Crippen molar-refractivity contribution in [2.24, 2.45) is 5.41 Å². The number of amides is 2. The van der Waals surface area contributed by atoms with Crippen LogP contribution in [0.15, 0.2) is 24.3 Å². The van der Waals surface area contributed by atoms with E-state index in [2.05, 4.69) is 41.4 Å². The van der Waals surface area contributed by atoms with Crippen molar-refractivity contribution in [2.75, 3.05) is 13.1 Å². The lowest BCUT2D eigenvalue weighted by atomic mass is 9.97. The van der Waals surface area contributed by atoms with Gasteiger partial charge in [-0.15, -0.1) is 0 Å². The summed E-state index contributed by atoms with van der Waals surface area (Å²) in [5.41, 5.74) is 2.08. The molecule has 108 valence electrons. The van der Waals surface area contributed by atoms with E-state index in [4.69, 9.17) is 0 Å². The van der Waals surface area contributed by atoms with Gasteiger partial charge in [0.25, 0.3) is 0 Å². The summed E-state index contributed by atoms with van der Waals surface area (Å²) in [7, 11) is 0. The summed E-state index contributed by atoms with van der Waals surface area (Å²) in [5, 5.41) is 5.69. The fraction of sp³-hybridized carbons (Fsp3) is 0.467. The molecule has 1 heterocycles. The van der Waals surface area contributed by atoms with E-state index in [1.165, 1.54) is 0 Å². The maximum Gasteiger partial charge on any atom is 0.314 e. The number of rotatable bonds is 4. The van der Waals surface area contributed by atoms with Gasteiger partial charge in [-0.1, -0.05) is 32.9 Å². The molecule has 2 amide bonds. The van der Waals surface area contributed by atoms with E-state index in [1.807, 2.05) is 24.3 Å². The third-order valence-electron chi connectivity index (χ3n) is 2.87. The zero-order chi connectivity index (χ0) is 14.6. The number of hydrogen-bond donors (Lipinski definition) is 3. The Balaban J connectivity index is 1.76. The predicted octanol–water partition coefficient (Wildman–Crippen LogP) is 2.45. The summed E-state index contributed by atoms with van der Waals surface area (Å²) in [6, 6.07) is 7.78. The second kappa shape index (κ2) is 5.94. The minimum Gasteiger partial charge on any atom is -0.342 e. The van der Waals surface area contributed by atoms with Gasteiger partial charge in [0.05, 0.1) is 11.0 Å². The second-order valence-electron chi connectivity index (χ2n) is 6.12. The molecule has 1 aromatic carbocycles. The number of urea groups is 1. The van der Waals surface area contributed by atoms with Crippen LogP contribution in [-0.4, -0.2) is 29.1 Å². The molecule has 1 aromatic heterocycles. The number of fused-ring (bicyclic) bond motifs is 1. The van der Waals surface area contributed by atoms with Crippen molar-refractivity contribution in [2.45, 2.75) is 27.2 Å². The highest BCUT2D eigenvalue weighted by Gasteiger charge is 2.11. The maximum atomic E-state index is 11.6. The van der Waals surface area contributed by atoms with Crippen LogP contribution in [0.2, 0.25) is 0 Å². The molecule has 5 nitrogen and oxygen atoms in total. The number of aromatic nitrogens is 2. The van der Waals surface area contributed by atoms with E-state index >= 15 is 0 Å². The van der Waals surface area contributed by atoms with Crippen LogP contribution in [0.5, 0.6) is 0 Å². The van der Waals surface area contributed by atoms with Gasteiger partial charge < -0.3 is 15.6 Å². The zero-order valence-electron chi connectivity index (χ0n) is 12.3. The Kier molecular flexibility index (Phi) is 4.27. The number of hydrogen-bond acceptors (Lipinski definition) is 2. The number of carbonyl (C=O) groups excluding carboxylic acids is 1. The van der Waals surface area contributed by atoms with E-state index in [0.717, 1.165) is 16.9 Å². The van der Waals surface area contributed by atoms with Crippen LogP contribution in [0.25, 0.3) is 11.0 Å². The highest BCUT2D eigenvalue weighted by Crippen LogP contribution is 2.11. The Bertz CT molecular complexity index is 550. The summed E-state index contributed by atoms with van der Waals surface area (Å²) < 4.78 is 0. The lowest BCUT2D eigenvalue weighted by Gasteiger charge is -2.18. The van der Waals surface area contributed by atoms with Crippen LogP contribution in [-0.2, 0) is 6.42 Å². The number of imidazole rings is 1. The fourth-order valence-electron chi connectivity index (χ4n) is 1.83. The Hall–Kier alpha value is -2.04. The third kappa shape index (κ3) is 4.26. The highest BCUT2D eigenvalue weighted by molar-refractivity contribution is 5.75. The summed E-state index contributed by atoms with van der Waals surface area (Å²) in [5.74, 6) is 0.891. The van der Waals surface area contributed by atoms with Crippen LogP contribution in [0.3, 0.4) is 0 Å². The molecule has 2 rings (SSSR count). The molecule has 0 unspecified atom stereocenters. The first kappa shape index (κ1) is 14.4. The van der Waals surface area contributed by atoms with Gasteiger partial charge in [-0.05, 0) is 17.5 Å². The molecule has 0 bridgehead atoms. The van der Waals surface area contributed by atoms with Gasteiger partial charge >= 0.3 is 6.03 Å². The molecule has 0 spiro atoms. The van der Waals surface area contributed by atoms with Crippen molar-refractivity contribution < 1.29 is 4.79 Å². The number of aromatic amines is 1. The van der Waals surface area contributed by atoms with Crippen molar-refractivity contribution in [1.82, 2.24) is 20.6 Å². The van der Waals surface area contributed by atoms with Gasteiger partial charge in [-0.2, -0.15) is 0 Å². The molecule has 0 radical (unpaired) electrons. The van der Waals surface area contributed by atoms with Crippen molar-refractivity contribution in [1.29, 1.82) is 0 Å². The van der Waals surface area contributed by atoms with Crippen LogP contribution in [0.1, 0.15) is 26.6 Å². The van der Waals surface area contributed by atoms with Gasteiger partial charge in [0.2, 0.25) is 0 Å². The highest BCUT2D eigenvalue weighted by atomic mass is 16.2. The number of carbonyl (C=O) groups is 1. The lowest BCUT2D eigenvalue weighted by Crippen LogP contribution is -2.40. The first-order valence-corrected chi connectivity index (χ1v) is 6.89. The SMILES string of the molecule is CC(C)(C)CNC(=O)NCCc1nc2ccccc2[nH]1. The largest absolute Gasteiger partial charge is 0.342 e. The predicted molar refractivity (Wildman–Crippen MR) is 80.7 cm³/mol. The number of benzene rings is 1. The molecule has 0 aliphatic rings. The Labute approximate surface area is 119 Å². The standard InChI is InChI=1S/C15H22N4O/c1-15(2,3)10-17-14(20)16-9-8-13-18-11-6-4-5-7-12(11)19-13/h4-7H,8-10H2,1-3H3,(H,18,19)(H2,16,17,20). The smallest absolute Gasteiger partial charge is 0.314 e. The third-order valence-corrected chi connectivity index (χ3v) is 2.87. The van der Waals surface area contributed by atoms with Crippen molar-refractivity contribution in [3.05, 3.63) is 30.1 Å². The van der Waals surface area contributed by atoms with Crippen LogP contribution >= 0.6 is 0 Å². The number of para-hydroxylation sites is 2. The number of nitrogens with one attached hydrogen (secondary N) is 3. The number of nitrogens with zero attached hydrogens (tertiary/aromatic N) is 1. The average Bonchev–Trinajstić information content (AvgIpc) is 2.78. The normalized spacial score (nSPS) is 11.6. The Morgan fingerprint density at radius 3 is 2.70 bits per heavy atom. The zero-order valence-corrected chi connectivity index (χ0v) is 12.3. The molecule has 5 heteroatoms. The van der Waals surface area contributed by atoms with Crippen molar-refractivity contribution in [3.8, 4) is 0 Å². The molecule has 0 aliphatic heterocycles. The quantitative estimate of drug-likeness (QED) is 0.801. The second-order valence-corrected chi connectivity index (χ2v) is 6.12. The fourth-order valence-corrected chi connectivity index (χ4v) is 1.83. The molecule has 3 N–H and O–H groups in total. The molecule has 0 saturated heterocycles. The van der Waals surface area contributed by atoms with Crippen molar-refractivity contribution >= 4 is 17.1 Å². The molecular weight excluding hydrogens is 252 g/mol. The van der Waals surface area contributed by atoms with Gasteiger partial charge in [-0.25, -0.2) is 9.78 Å². The molecule has 0 atom stereocenters. The van der Waals surface area contributed by atoms with E-state index < -0.39 is 0 Å². The van der Waals surface area contributed by atoms with Gasteiger partial charge in [0.15, 0.2) is 0 Å². The molecule has 2 aromatic rings. The number of H-pyrrole nitrogens is 1. The maximum absolute atomic E-state index is 11.6. The molecular formula is C15H22N4O. The molecule has 20 heavy (non-hydrogen) atoms. The van der Waals surface area contributed by atoms with Crippen molar-refractivity contribution in [3.63, 3.8) is 0 Å². The van der Waals surface area contributed by atoms with E-state index in [9.17, 15) is 4.79 Å². The molecule has 0 aliphatic carbocycles. The monoisotopic (exact) mass is 274 g/mol. The molecule has 0 fully saturated rings. The Morgan fingerprint density at radius 2 is 2.00 bits per heavy atom. The van der Waals surface area contributed by atoms with E-state index in [0.29, 0.717) is 19.5 Å². The summed E-state index contributed by atoms with van der Waals surface area (Å²) >= 11 is 0. The summed E-state index contributed by atoms with van der Waals surface area (Å²) in [4.78, 5) is 19.3. The van der Waals surface area contributed by atoms with Gasteiger partial charge in [-0.3, -0.25) is 0 Å². The summed E-state index contributed by atoms with van der Waals surface area (Å²) in [6.45, 7) is 7.48. The minimum atomic E-state index is -0.129. The van der Waals surface area contributed by atoms with E-state index in [-0.39, 0.29) is 11.4 Å². The van der Waals surface area contributed by atoms with E-state index in [1.54, 1.807) is 0 Å². The first-order chi connectivity index (χ1) is 9.44. The van der Waals surface area contributed by atoms with Gasteiger partial charge in [0, 0.05) is 19.5 Å². The first-order valence-electron chi connectivity index (χ1n) is 6.89. The van der Waals surface area contributed by atoms with Crippen LogP contribution < -0.4 is 10.6 Å². The van der Waals surface area contributed by atoms with Crippen LogP contribution in [0.4, 0.5) is 4.79 Å². The van der Waals surface area contributed by atoms with Crippen LogP contribution in [0, 0.1) is 5.41 Å². The van der Waals surface area contributed by atoms with Gasteiger partial charge in [0.1, 0.15) is 5.82 Å². The minimum absolute atomic E-state index is 0.0933. The summed E-state index contributed by atoms with van der Waals surface area (Å²) in [6.07, 6.45) is 0.692. The Morgan fingerprint density at radius 1 is 1.25 bits per heavy atom. The topological polar surface area (TPSA) is 69.8 Å². The lowest BCUT2D eigenvalue weighted by molar-refractivity contribution is 0.235.